The standard InChI is InChI=1S/C33H48N8O4/c1-23(36-21-26-7-13-29(43-4)14-8-26)40-41(31(34)19-25(17-18-42-3)9-16-32(35)45-6)33-20-28(38-24(2)39-33)11-10-27-12-15-30(44-5)22-37-27/h7-9,12-14,16,19,22,24,30,32,34H,10-11,15,17-18,20-21,35H2,1-6H3,(H,36,40)/b16-9?,25-19+,34-31?. The van der Waals surface area contributed by atoms with E-state index in [4.69, 9.17) is 45.1 Å². The average molecular weight is 621 g/mol. The topological polar surface area (TPSA) is 152 Å². The second-order valence-electron chi connectivity index (χ2n) is 10.6. The number of rotatable bonds is 14. The maximum absolute atomic E-state index is 9.16. The Bertz CT molecular complexity index is 1330. The molecule has 0 fully saturated rings. The number of hydrogen-bond donors (Lipinski definition) is 3. The van der Waals surface area contributed by atoms with Gasteiger partial charge in [0, 0.05) is 45.4 Å². The number of nitrogens with one attached hydrogen (secondary N) is 2. The highest BCUT2D eigenvalue weighted by Crippen LogP contribution is 2.19. The van der Waals surface area contributed by atoms with Gasteiger partial charge in [-0.3, -0.25) is 25.8 Å². The smallest absolute Gasteiger partial charge is 0.146 e. The first kappa shape index (κ1) is 35.5. The van der Waals surface area contributed by atoms with Crippen LogP contribution in [-0.4, -0.2) is 88.0 Å². The number of amidine groups is 3. The van der Waals surface area contributed by atoms with Crippen molar-refractivity contribution in [2.45, 2.75) is 71.0 Å². The minimum absolute atomic E-state index is 0.0294. The van der Waals surface area contributed by atoms with E-state index in [1.807, 2.05) is 50.4 Å². The molecule has 1 aromatic rings. The lowest BCUT2D eigenvalue weighted by Crippen LogP contribution is -2.50. The lowest BCUT2D eigenvalue weighted by molar-refractivity contribution is 0.146. The van der Waals surface area contributed by atoms with E-state index in [-0.39, 0.29) is 18.1 Å². The molecular formula is C33H48N8O4. The number of benzene rings is 1. The molecule has 1 aromatic carbocycles. The van der Waals surface area contributed by atoms with Crippen molar-refractivity contribution in [3.63, 3.8) is 0 Å². The summed E-state index contributed by atoms with van der Waals surface area (Å²) < 4.78 is 21.1. The predicted molar refractivity (Wildman–Crippen MR) is 181 cm³/mol. The summed E-state index contributed by atoms with van der Waals surface area (Å²) in [4.78, 5) is 18.9. The van der Waals surface area contributed by atoms with Crippen LogP contribution in [0.15, 0.2) is 79.8 Å². The molecule has 244 valence electrons. The Morgan fingerprint density at radius 2 is 1.96 bits per heavy atom. The van der Waals surface area contributed by atoms with Crippen LogP contribution in [0.5, 0.6) is 5.75 Å². The monoisotopic (exact) mass is 620 g/mol. The number of nitrogens with zero attached hydrogens (tertiary/aromatic N) is 5. The number of hydrazine groups is 1. The summed E-state index contributed by atoms with van der Waals surface area (Å²) in [6, 6.07) is 7.78. The first-order valence-electron chi connectivity index (χ1n) is 15.1. The van der Waals surface area contributed by atoms with Crippen LogP contribution in [0.25, 0.3) is 0 Å². The maximum atomic E-state index is 9.16. The highest BCUT2D eigenvalue weighted by atomic mass is 16.5. The van der Waals surface area contributed by atoms with Gasteiger partial charge in [0.1, 0.15) is 35.7 Å². The second kappa shape index (κ2) is 18.7. The molecule has 12 heteroatoms. The van der Waals surface area contributed by atoms with Gasteiger partial charge in [-0.05, 0) is 75.0 Å². The van der Waals surface area contributed by atoms with Crippen molar-refractivity contribution in [3.05, 3.63) is 65.4 Å². The van der Waals surface area contributed by atoms with Crippen molar-refractivity contribution in [1.82, 2.24) is 10.4 Å². The summed E-state index contributed by atoms with van der Waals surface area (Å²) in [5, 5.41) is 10.8. The van der Waals surface area contributed by atoms with E-state index in [2.05, 4.69) is 16.5 Å². The van der Waals surface area contributed by atoms with Gasteiger partial charge in [0.05, 0.1) is 26.4 Å². The molecule has 0 saturated heterocycles. The summed E-state index contributed by atoms with van der Waals surface area (Å²) >= 11 is 0. The average Bonchev–Trinajstić information content (AvgIpc) is 3.06. The Balaban J connectivity index is 1.83. The van der Waals surface area contributed by atoms with Crippen molar-refractivity contribution in [1.29, 1.82) is 5.41 Å². The fraction of sp³-hybridized carbons (Fsp3) is 0.485. The highest BCUT2D eigenvalue weighted by Gasteiger charge is 2.23. The first-order valence-corrected chi connectivity index (χ1v) is 15.1. The third kappa shape index (κ3) is 12.1. The third-order valence-electron chi connectivity index (χ3n) is 7.15. The number of nitrogens with two attached hydrogens (primary N) is 1. The van der Waals surface area contributed by atoms with Crippen LogP contribution in [0.3, 0.4) is 0 Å². The van der Waals surface area contributed by atoms with E-state index in [1.165, 1.54) is 0 Å². The number of allylic oxidation sites excluding steroid dienone is 2. The van der Waals surface area contributed by atoms with E-state index in [0.29, 0.717) is 37.7 Å². The molecule has 0 saturated carbocycles. The van der Waals surface area contributed by atoms with E-state index in [1.54, 1.807) is 45.6 Å². The molecule has 12 nitrogen and oxygen atoms in total. The third-order valence-corrected chi connectivity index (χ3v) is 7.15. The van der Waals surface area contributed by atoms with Gasteiger partial charge in [-0.15, -0.1) is 0 Å². The zero-order valence-corrected chi connectivity index (χ0v) is 27.3. The van der Waals surface area contributed by atoms with Crippen LogP contribution in [-0.2, 0) is 20.8 Å². The molecular weight excluding hydrogens is 572 g/mol. The Morgan fingerprint density at radius 3 is 2.60 bits per heavy atom. The van der Waals surface area contributed by atoms with Gasteiger partial charge in [0.25, 0.3) is 0 Å². The molecule has 0 aliphatic carbocycles. The zero-order valence-electron chi connectivity index (χ0n) is 27.3. The van der Waals surface area contributed by atoms with E-state index in [0.717, 1.165) is 47.6 Å². The normalized spacial score (nSPS) is 19.6. The van der Waals surface area contributed by atoms with Crippen molar-refractivity contribution in [3.8, 4) is 5.75 Å². The van der Waals surface area contributed by atoms with Gasteiger partial charge >= 0.3 is 0 Å². The number of methoxy groups -OCH3 is 4. The van der Waals surface area contributed by atoms with Crippen LogP contribution in [0, 0.1) is 5.41 Å². The summed E-state index contributed by atoms with van der Waals surface area (Å²) in [6.45, 7) is 4.77. The summed E-state index contributed by atoms with van der Waals surface area (Å²) in [5.41, 5.74) is 13.2. The quantitative estimate of drug-likeness (QED) is 0.0905. The Labute approximate surface area is 267 Å². The zero-order chi connectivity index (χ0) is 32.6. The minimum atomic E-state index is -0.557. The lowest BCUT2D eigenvalue weighted by Gasteiger charge is -2.30. The molecule has 0 spiro atoms. The Morgan fingerprint density at radius 1 is 1.18 bits per heavy atom. The molecule has 4 N–H and O–H groups in total. The van der Waals surface area contributed by atoms with Gasteiger partial charge < -0.3 is 24.7 Å². The molecule has 0 aromatic heterocycles. The molecule has 3 unspecified atom stereocenters. The van der Waals surface area contributed by atoms with Crippen LogP contribution in [0.4, 0.5) is 0 Å². The highest BCUT2D eigenvalue weighted by molar-refractivity contribution is 6.13. The fourth-order valence-electron chi connectivity index (χ4n) is 4.58. The number of aliphatic imine (C=N–C) groups is 4. The van der Waals surface area contributed by atoms with Gasteiger partial charge in [0.15, 0.2) is 0 Å². The van der Waals surface area contributed by atoms with E-state index in [9.17, 15) is 0 Å². The van der Waals surface area contributed by atoms with E-state index < -0.39 is 6.23 Å². The van der Waals surface area contributed by atoms with Crippen LogP contribution >= 0.6 is 0 Å². The molecule has 2 aliphatic heterocycles. The molecule has 0 radical (unpaired) electrons. The van der Waals surface area contributed by atoms with Gasteiger partial charge in [-0.25, -0.2) is 10.0 Å². The lowest BCUT2D eigenvalue weighted by atomic mass is 10.0. The Kier molecular flexibility index (Phi) is 14.8. The van der Waals surface area contributed by atoms with Crippen LogP contribution < -0.4 is 15.9 Å². The minimum Gasteiger partial charge on any atom is -0.497 e. The molecule has 45 heavy (non-hydrogen) atoms. The molecule has 0 amide bonds. The van der Waals surface area contributed by atoms with Crippen LogP contribution in [0.2, 0.25) is 0 Å². The molecule has 2 heterocycles. The van der Waals surface area contributed by atoms with Crippen molar-refractivity contribution in [2.75, 3.05) is 35.0 Å². The largest absolute Gasteiger partial charge is 0.497 e. The second-order valence-corrected chi connectivity index (χ2v) is 10.6. The first-order chi connectivity index (χ1) is 21.7. The van der Waals surface area contributed by atoms with Gasteiger partial charge in [0.2, 0.25) is 0 Å². The number of hydrogen-bond acceptors (Lipinski definition) is 10. The summed E-state index contributed by atoms with van der Waals surface area (Å²) in [5.74, 6) is 2.29. The van der Waals surface area contributed by atoms with E-state index >= 15 is 0 Å². The molecule has 2 aliphatic rings. The molecule has 3 rings (SSSR count). The SMILES string of the molecule is COCC/C(C=CC(N)OC)=C/C(=N)N(NC(C)=NCc1ccc(OC)cc1)C1=NC(C)N=C(CCC2=CCC(OC)C=N2)C1. The fourth-order valence-corrected chi connectivity index (χ4v) is 4.58. The van der Waals surface area contributed by atoms with Crippen molar-refractivity contribution >= 4 is 29.4 Å². The molecule has 3 atom stereocenters. The van der Waals surface area contributed by atoms with Crippen molar-refractivity contribution in [2.24, 2.45) is 25.7 Å². The van der Waals surface area contributed by atoms with Gasteiger partial charge in [-0.2, -0.15) is 0 Å². The van der Waals surface area contributed by atoms with Crippen molar-refractivity contribution < 1.29 is 18.9 Å². The van der Waals surface area contributed by atoms with Crippen LogP contribution in [0.1, 0.15) is 51.5 Å². The Hall–Kier alpha value is -3.97. The maximum Gasteiger partial charge on any atom is 0.146 e. The summed E-state index contributed by atoms with van der Waals surface area (Å²) in [6.07, 6.45) is 11.9. The summed E-state index contributed by atoms with van der Waals surface area (Å²) in [7, 11) is 6.53. The van der Waals surface area contributed by atoms with Gasteiger partial charge in [-0.1, -0.05) is 24.3 Å². The molecule has 0 bridgehead atoms. The number of ether oxygens (including phenoxy) is 4. The predicted octanol–water partition coefficient (Wildman–Crippen LogP) is 4.59.